The third-order valence-electron chi connectivity index (χ3n) is 3.82. The fourth-order valence-corrected chi connectivity index (χ4v) is 3.03. The van der Waals surface area contributed by atoms with Gasteiger partial charge in [0, 0.05) is 13.3 Å². The lowest BCUT2D eigenvalue weighted by Crippen LogP contribution is -2.29. The molecule has 3 atom stereocenters. The monoisotopic (exact) mass is 442 g/mol. The molecule has 172 valence electrons. The van der Waals surface area contributed by atoms with Gasteiger partial charge in [-0.3, -0.25) is 18.6 Å². The Balaban J connectivity index is 4.33. The molecule has 0 aromatic rings. The molecule has 0 aliphatic carbocycles. The van der Waals surface area contributed by atoms with E-state index in [9.17, 15) is 19.0 Å². The molecule has 3 N–H and O–H groups in total. The third-order valence-corrected chi connectivity index (χ3v) is 4.77. The molecule has 0 aromatic carbocycles. The Morgan fingerprint density at radius 1 is 0.966 bits per heavy atom. The van der Waals surface area contributed by atoms with Crippen molar-refractivity contribution in [2.45, 2.75) is 77.4 Å². The minimum atomic E-state index is -4.55. The summed E-state index contributed by atoms with van der Waals surface area (Å²) < 4.78 is 30.9. The fourth-order valence-electron chi connectivity index (χ4n) is 2.25. The highest BCUT2D eigenvalue weighted by molar-refractivity contribution is 7.47. The van der Waals surface area contributed by atoms with Crippen molar-refractivity contribution in [3.05, 3.63) is 0 Å². The van der Waals surface area contributed by atoms with Crippen molar-refractivity contribution < 1.29 is 47.8 Å². The van der Waals surface area contributed by atoms with E-state index in [-0.39, 0.29) is 13.0 Å². The van der Waals surface area contributed by atoms with Crippen LogP contribution in [0.4, 0.5) is 0 Å². The summed E-state index contributed by atoms with van der Waals surface area (Å²) in [5.41, 5.74) is 0. The molecule has 0 aliphatic rings. The lowest BCUT2D eigenvalue weighted by atomic mass is 10.1. The Kier molecular flexibility index (Phi) is 16.1. The van der Waals surface area contributed by atoms with Gasteiger partial charge >= 0.3 is 19.8 Å². The van der Waals surface area contributed by atoms with E-state index in [1.807, 2.05) is 0 Å². The van der Waals surface area contributed by atoms with E-state index in [0.717, 1.165) is 19.3 Å². The summed E-state index contributed by atoms with van der Waals surface area (Å²) in [6, 6.07) is 0. The molecule has 0 bridgehead atoms. The molecule has 0 saturated carbocycles. The molecule has 3 unspecified atom stereocenters. The van der Waals surface area contributed by atoms with Crippen LogP contribution in [0.25, 0.3) is 0 Å². The van der Waals surface area contributed by atoms with Crippen molar-refractivity contribution >= 4 is 19.8 Å². The lowest BCUT2D eigenvalue weighted by molar-refractivity contribution is -0.160. The molecule has 0 spiro atoms. The highest BCUT2D eigenvalue weighted by Gasteiger charge is 2.26. The maximum atomic E-state index is 12.0. The summed E-state index contributed by atoms with van der Waals surface area (Å²) in [5.74, 6) is -1.13. The van der Waals surface area contributed by atoms with Crippen LogP contribution in [-0.4, -0.2) is 65.7 Å². The molecule has 0 aliphatic heterocycles. The number of ether oxygens (including phenoxy) is 2. The van der Waals surface area contributed by atoms with Gasteiger partial charge in [0.15, 0.2) is 6.10 Å². The summed E-state index contributed by atoms with van der Waals surface area (Å²) in [4.78, 5) is 32.5. The number of phosphoric ester groups is 1. The van der Waals surface area contributed by atoms with E-state index in [0.29, 0.717) is 6.42 Å². The van der Waals surface area contributed by atoms with Gasteiger partial charge in [0.25, 0.3) is 0 Å². The Morgan fingerprint density at radius 2 is 1.55 bits per heavy atom. The molecular formula is C18H35O10P. The van der Waals surface area contributed by atoms with Crippen LogP contribution in [0.15, 0.2) is 0 Å². The molecule has 11 heteroatoms. The van der Waals surface area contributed by atoms with Crippen molar-refractivity contribution in [2.24, 2.45) is 0 Å². The van der Waals surface area contributed by atoms with Gasteiger partial charge in [-0.2, -0.15) is 0 Å². The van der Waals surface area contributed by atoms with Crippen LogP contribution in [-0.2, 0) is 32.7 Å². The minimum absolute atomic E-state index is 0.181. The van der Waals surface area contributed by atoms with Crippen LogP contribution in [0.3, 0.4) is 0 Å². The number of aliphatic hydroxyl groups is 2. The zero-order chi connectivity index (χ0) is 22.1. The molecule has 0 saturated heterocycles. The summed E-state index contributed by atoms with van der Waals surface area (Å²) in [5, 5.41) is 17.8. The number of hydrogen-bond donors (Lipinski definition) is 3. The second-order valence-electron chi connectivity index (χ2n) is 6.68. The van der Waals surface area contributed by atoms with Crippen LogP contribution in [0.5, 0.6) is 0 Å². The number of rotatable bonds is 18. The van der Waals surface area contributed by atoms with E-state index in [1.54, 1.807) is 0 Å². The number of carbonyl (C=O) groups is 2. The van der Waals surface area contributed by atoms with Gasteiger partial charge in [-0.05, 0) is 6.42 Å². The van der Waals surface area contributed by atoms with Gasteiger partial charge in [0.1, 0.15) is 12.7 Å². The molecule has 0 radical (unpaired) electrons. The molecule has 0 amide bonds. The zero-order valence-electron chi connectivity index (χ0n) is 17.3. The van der Waals surface area contributed by atoms with Crippen molar-refractivity contribution in [1.29, 1.82) is 0 Å². The first-order chi connectivity index (χ1) is 13.7. The number of esters is 2. The van der Waals surface area contributed by atoms with Crippen LogP contribution in [0.2, 0.25) is 0 Å². The molecule has 0 fully saturated rings. The maximum Gasteiger partial charge on any atom is 0.472 e. The predicted molar refractivity (Wildman–Crippen MR) is 104 cm³/mol. The van der Waals surface area contributed by atoms with E-state index in [4.69, 9.17) is 24.2 Å². The molecule has 29 heavy (non-hydrogen) atoms. The van der Waals surface area contributed by atoms with Gasteiger partial charge in [-0.1, -0.05) is 45.4 Å². The first kappa shape index (κ1) is 28.0. The SMILES string of the molecule is CCCCCCCCCC(=O)OC(COC(C)=O)COP(=O)(O)OCC(O)CO. The van der Waals surface area contributed by atoms with E-state index in [2.05, 4.69) is 11.4 Å². The van der Waals surface area contributed by atoms with Gasteiger partial charge in [-0.25, -0.2) is 4.57 Å². The van der Waals surface area contributed by atoms with Crippen LogP contribution < -0.4 is 0 Å². The third kappa shape index (κ3) is 17.5. The summed E-state index contributed by atoms with van der Waals surface area (Å²) in [6.45, 7) is 1.18. The molecule has 0 heterocycles. The number of hydrogen-bond acceptors (Lipinski definition) is 9. The Morgan fingerprint density at radius 3 is 2.14 bits per heavy atom. The average molecular weight is 442 g/mol. The smallest absolute Gasteiger partial charge is 0.462 e. The molecule has 10 nitrogen and oxygen atoms in total. The fraction of sp³-hybridized carbons (Fsp3) is 0.889. The summed E-state index contributed by atoms with van der Waals surface area (Å²) >= 11 is 0. The number of aliphatic hydroxyl groups excluding tert-OH is 2. The van der Waals surface area contributed by atoms with E-state index >= 15 is 0 Å². The van der Waals surface area contributed by atoms with Crippen LogP contribution in [0, 0.1) is 0 Å². The number of carbonyl (C=O) groups excluding carboxylic acids is 2. The zero-order valence-corrected chi connectivity index (χ0v) is 18.2. The highest BCUT2D eigenvalue weighted by Crippen LogP contribution is 2.43. The largest absolute Gasteiger partial charge is 0.472 e. The number of phosphoric acid groups is 1. The van der Waals surface area contributed by atoms with Gasteiger partial charge in [-0.15, -0.1) is 0 Å². The lowest BCUT2D eigenvalue weighted by Gasteiger charge is -2.20. The molecule has 0 rings (SSSR count). The van der Waals surface area contributed by atoms with Gasteiger partial charge < -0.3 is 24.6 Å². The Hall–Kier alpha value is -1.03. The molecule has 0 aromatic heterocycles. The van der Waals surface area contributed by atoms with Crippen molar-refractivity contribution in [3.63, 3.8) is 0 Å². The Bertz CT molecular complexity index is 499. The normalized spacial score (nSPS) is 15.3. The van der Waals surface area contributed by atoms with Gasteiger partial charge in [0.05, 0.1) is 19.8 Å². The number of unbranched alkanes of at least 4 members (excludes halogenated alkanes) is 6. The van der Waals surface area contributed by atoms with Crippen molar-refractivity contribution in [2.75, 3.05) is 26.4 Å². The van der Waals surface area contributed by atoms with Crippen LogP contribution in [0.1, 0.15) is 65.2 Å². The summed E-state index contributed by atoms with van der Waals surface area (Å²) in [6.07, 6.45) is 5.05. The highest BCUT2D eigenvalue weighted by atomic mass is 31.2. The van der Waals surface area contributed by atoms with Crippen LogP contribution >= 0.6 is 7.82 Å². The standard InChI is InChI=1S/C18H35O10P/c1-3-4-5-6-7-8-9-10-18(22)28-17(13-25-15(2)20)14-27-29(23,24)26-12-16(21)11-19/h16-17,19,21H,3-14H2,1-2H3,(H,23,24). The van der Waals surface area contributed by atoms with Crippen molar-refractivity contribution in [3.8, 4) is 0 Å². The average Bonchev–Trinajstić information content (AvgIpc) is 2.67. The Labute approximate surface area is 172 Å². The van der Waals surface area contributed by atoms with E-state index in [1.165, 1.54) is 26.2 Å². The van der Waals surface area contributed by atoms with E-state index < -0.39 is 51.8 Å². The predicted octanol–water partition coefficient (Wildman–Crippen LogP) is 2.09. The van der Waals surface area contributed by atoms with Gasteiger partial charge in [0.2, 0.25) is 0 Å². The maximum absolute atomic E-state index is 12.0. The first-order valence-corrected chi connectivity index (χ1v) is 11.4. The summed E-state index contributed by atoms with van der Waals surface area (Å²) in [7, 11) is -4.55. The second kappa shape index (κ2) is 16.7. The topological polar surface area (TPSA) is 149 Å². The van der Waals surface area contributed by atoms with Crippen molar-refractivity contribution in [1.82, 2.24) is 0 Å². The first-order valence-electron chi connectivity index (χ1n) is 9.93. The second-order valence-corrected chi connectivity index (χ2v) is 8.14. The molecular weight excluding hydrogens is 407 g/mol. The minimum Gasteiger partial charge on any atom is -0.462 e. The quantitative estimate of drug-likeness (QED) is 0.164.